The average molecular weight is 458 g/mol. The number of carbonyl (C=O) groups is 1. The van der Waals surface area contributed by atoms with Crippen LogP contribution in [0.1, 0.15) is 99.5 Å². The second kappa shape index (κ2) is 18.0. The molecule has 0 fully saturated rings. The van der Waals surface area contributed by atoms with Crippen LogP contribution >= 0.6 is 0 Å². The zero-order valence-corrected chi connectivity index (χ0v) is 22.1. The standard InChI is InChI=1S/C21H24FNO2.C5H12.C3H8/c1-14(15(2)23-16(3)17(4)24)19-10-11-21(20(22)12-19)25-13-18-8-6-5-7-9-18;1-3-5-4-2;1-3-2/h6,8-12H,5,7,13H2,1-4H3;3-5H2,1-2H3;3H2,1-2H3/b15-14+,23-16?;;. The summed E-state index contributed by atoms with van der Waals surface area (Å²) in [5.41, 5.74) is 3.74. The highest BCUT2D eigenvalue weighted by molar-refractivity contribution is 6.38. The van der Waals surface area contributed by atoms with Crippen LogP contribution in [0.3, 0.4) is 0 Å². The summed E-state index contributed by atoms with van der Waals surface area (Å²) in [6, 6.07) is 4.88. The topological polar surface area (TPSA) is 38.7 Å². The Balaban J connectivity index is 0.00000111. The molecule has 2 rings (SSSR count). The van der Waals surface area contributed by atoms with Crippen LogP contribution in [0, 0.1) is 5.82 Å². The second-order valence-electron chi connectivity index (χ2n) is 8.22. The normalized spacial score (nSPS) is 13.6. The summed E-state index contributed by atoms with van der Waals surface area (Å²) in [5, 5.41) is 0. The lowest BCUT2D eigenvalue weighted by Crippen LogP contribution is -2.04. The number of ketones is 1. The van der Waals surface area contributed by atoms with E-state index in [2.05, 4.69) is 44.8 Å². The number of aliphatic imine (C=N–C) groups is 1. The molecule has 1 aromatic carbocycles. The Kier molecular flexibility index (Phi) is 16.6. The van der Waals surface area contributed by atoms with Gasteiger partial charge in [0.05, 0.1) is 5.71 Å². The maximum atomic E-state index is 14.3. The highest BCUT2D eigenvalue weighted by Gasteiger charge is 2.09. The lowest BCUT2D eigenvalue weighted by Gasteiger charge is -2.12. The fraction of sp³-hybridized carbons (Fsp3) is 0.517. The summed E-state index contributed by atoms with van der Waals surface area (Å²) in [7, 11) is 0. The quantitative estimate of drug-likeness (QED) is 0.366. The summed E-state index contributed by atoms with van der Waals surface area (Å²) in [6.45, 7) is 15.9. The number of ether oxygens (including phenoxy) is 1. The molecule has 184 valence electrons. The Labute approximate surface area is 201 Å². The summed E-state index contributed by atoms with van der Waals surface area (Å²) >= 11 is 0. The van der Waals surface area contributed by atoms with Gasteiger partial charge in [0.15, 0.2) is 17.3 Å². The van der Waals surface area contributed by atoms with Crippen LogP contribution in [0.5, 0.6) is 5.75 Å². The number of nitrogens with zero attached hydrogens (tertiary/aromatic N) is 1. The van der Waals surface area contributed by atoms with Crippen molar-refractivity contribution in [1.82, 2.24) is 0 Å². The van der Waals surface area contributed by atoms with Crippen LogP contribution in [0.2, 0.25) is 0 Å². The number of hydrogen-bond donors (Lipinski definition) is 0. The van der Waals surface area contributed by atoms with Crippen LogP contribution in [0.15, 0.2) is 52.7 Å². The molecule has 1 aliphatic rings. The first-order valence-electron chi connectivity index (χ1n) is 12.2. The molecule has 1 aromatic rings. The van der Waals surface area contributed by atoms with Crippen molar-refractivity contribution >= 4 is 17.1 Å². The Hall–Kier alpha value is -2.49. The number of halogens is 1. The van der Waals surface area contributed by atoms with E-state index in [0.29, 0.717) is 18.0 Å². The van der Waals surface area contributed by atoms with E-state index in [9.17, 15) is 9.18 Å². The molecule has 0 spiro atoms. The van der Waals surface area contributed by atoms with E-state index in [1.807, 2.05) is 19.9 Å². The molecule has 0 amide bonds. The third kappa shape index (κ3) is 13.0. The Bertz CT molecular complexity index is 845. The first-order valence-corrected chi connectivity index (χ1v) is 12.2. The molecule has 0 bridgehead atoms. The van der Waals surface area contributed by atoms with E-state index in [-0.39, 0.29) is 11.5 Å². The van der Waals surface area contributed by atoms with Crippen molar-refractivity contribution in [3.05, 3.63) is 59.1 Å². The maximum Gasteiger partial charge on any atom is 0.173 e. The van der Waals surface area contributed by atoms with Crippen molar-refractivity contribution < 1.29 is 13.9 Å². The molecule has 0 radical (unpaired) electrons. The molecule has 0 heterocycles. The largest absolute Gasteiger partial charge is 0.486 e. The van der Waals surface area contributed by atoms with Crippen molar-refractivity contribution in [2.45, 2.75) is 93.9 Å². The summed E-state index contributed by atoms with van der Waals surface area (Å²) in [5.74, 6) is -0.247. The number of benzene rings is 1. The molecular weight excluding hydrogens is 413 g/mol. The van der Waals surface area contributed by atoms with E-state index in [1.165, 1.54) is 38.7 Å². The van der Waals surface area contributed by atoms with E-state index in [0.717, 1.165) is 29.6 Å². The zero-order valence-electron chi connectivity index (χ0n) is 22.1. The van der Waals surface area contributed by atoms with Crippen LogP contribution in [0.25, 0.3) is 5.57 Å². The predicted molar refractivity (Wildman–Crippen MR) is 142 cm³/mol. The van der Waals surface area contributed by atoms with Gasteiger partial charge in [-0.25, -0.2) is 4.39 Å². The smallest absolute Gasteiger partial charge is 0.173 e. The minimum Gasteiger partial charge on any atom is -0.486 e. The van der Waals surface area contributed by atoms with Crippen LogP contribution in [0.4, 0.5) is 4.39 Å². The number of Topliss-reactive ketones (excluding diaryl/α,β-unsaturated/α-hetero) is 1. The van der Waals surface area contributed by atoms with Crippen molar-refractivity contribution in [2.75, 3.05) is 6.61 Å². The molecular formula is C29H44FNO2. The third-order valence-electron chi connectivity index (χ3n) is 4.93. The highest BCUT2D eigenvalue weighted by Crippen LogP contribution is 2.25. The van der Waals surface area contributed by atoms with Gasteiger partial charge in [0.25, 0.3) is 0 Å². The molecule has 0 atom stereocenters. The van der Waals surface area contributed by atoms with E-state index in [4.69, 9.17) is 4.74 Å². The van der Waals surface area contributed by atoms with Gasteiger partial charge in [0.1, 0.15) is 6.61 Å². The fourth-order valence-corrected chi connectivity index (χ4v) is 2.76. The SMILES string of the molecule is CC(=O)C(C)=N/C(C)=C(\C)c1ccc(OCC2=CCCC=C2)c(F)c1.CCC.CCCCC. The molecule has 3 nitrogen and oxygen atoms in total. The molecule has 0 unspecified atom stereocenters. The van der Waals surface area contributed by atoms with E-state index >= 15 is 0 Å². The van der Waals surface area contributed by atoms with Gasteiger partial charge in [0.2, 0.25) is 0 Å². The minimum absolute atomic E-state index is 0.0758. The number of hydrogen-bond acceptors (Lipinski definition) is 3. The van der Waals surface area contributed by atoms with Gasteiger partial charge < -0.3 is 4.74 Å². The van der Waals surface area contributed by atoms with E-state index in [1.54, 1.807) is 19.1 Å². The highest BCUT2D eigenvalue weighted by atomic mass is 19.1. The van der Waals surface area contributed by atoms with Crippen LogP contribution < -0.4 is 4.74 Å². The molecule has 0 saturated heterocycles. The van der Waals surface area contributed by atoms with Gasteiger partial charge in [-0.05, 0) is 62.5 Å². The molecule has 1 aliphatic carbocycles. The molecule has 0 aromatic heterocycles. The summed E-state index contributed by atoms with van der Waals surface area (Å²) < 4.78 is 19.9. The minimum atomic E-state index is -0.405. The Morgan fingerprint density at radius 3 is 2.12 bits per heavy atom. The monoisotopic (exact) mass is 457 g/mol. The van der Waals surface area contributed by atoms with E-state index < -0.39 is 5.82 Å². The van der Waals surface area contributed by atoms with Gasteiger partial charge >= 0.3 is 0 Å². The van der Waals surface area contributed by atoms with Crippen molar-refractivity contribution in [2.24, 2.45) is 4.99 Å². The van der Waals surface area contributed by atoms with Crippen molar-refractivity contribution in [3.8, 4) is 5.75 Å². The molecule has 0 aliphatic heterocycles. The fourth-order valence-electron chi connectivity index (χ4n) is 2.76. The molecule has 0 saturated carbocycles. The summed E-state index contributed by atoms with van der Waals surface area (Å²) in [4.78, 5) is 15.6. The first kappa shape index (κ1) is 30.5. The number of unbranched alkanes of at least 4 members (excludes halogenated alkanes) is 2. The van der Waals surface area contributed by atoms with Crippen molar-refractivity contribution in [3.63, 3.8) is 0 Å². The molecule has 4 heteroatoms. The summed E-state index contributed by atoms with van der Waals surface area (Å²) in [6.07, 6.45) is 13.6. The lowest BCUT2D eigenvalue weighted by atomic mass is 10.1. The van der Waals surface area contributed by atoms with Gasteiger partial charge in [-0.2, -0.15) is 0 Å². The Morgan fingerprint density at radius 1 is 1.03 bits per heavy atom. The van der Waals surface area contributed by atoms with Gasteiger partial charge in [-0.3, -0.25) is 9.79 Å². The zero-order chi connectivity index (χ0) is 25.2. The molecule has 0 N–H and O–H groups in total. The average Bonchev–Trinajstić information content (AvgIpc) is 2.79. The Morgan fingerprint density at radius 2 is 1.67 bits per heavy atom. The number of rotatable bonds is 8. The number of carbonyl (C=O) groups excluding carboxylic acids is 1. The van der Waals surface area contributed by atoms with Crippen LogP contribution in [-0.4, -0.2) is 18.1 Å². The van der Waals surface area contributed by atoms with Gasteiger partial charge in [-0.15, -0.1) is 0 Å². The first-order chi connectivity index (χ1) is 15.7. The van der Waals surface area contributed by atoms with Crippen molar-refractivity contribution in [1.29, 1.82) is 0 Å². The third-order valence-corrected chi connectivity index (χ3v) is 4.93. The van der Waals surface area contributed by atoms with Gasteiger partial charge in [0, 0.05) is 12.6 Å². The lowest BCUT2D eigenvalue weighted by molar-refractivity contribution is -0.111. The number of allylic oxidation sites excluding steroid dienone is 4. The second-order valence-corrected chi connectivity index (χ2v) is 8.22. The molecule has 33 heavy (non-hydrogen) atoms. The predicted octanol–water partition coefficient (Wildman–Crippen LogP) is 8.89. The van der Waals surface area contributed by atoms with Gasteiger partial charge in [-0.1, -0.05) is 77.7 Å². The maximum absolute atomic E-state index is 14.3. The van der Waals surface area contributed by atoms with Crippen LogP contribution in [-0.2, 0) is 4.79 Å².